The van der Waals surface area contributed by atoms with Gasteiger partial charge in [-0.2, -0.15) is 4.39 Å². The average molecular weight is 157 g/mol. The van der Waals surface area contributed by atoms with Gasteiger partial charge >= 0.3 is 6.04 Å². The summed E-state index contributed by atoms with van der Waals surface area (Å²) in [5.41, 5.74) is -0.761. The van der Waals surface area contributed by atoms with Crippen molar-refractivity contribution in [1.82, 2.24) is 5.32 Å². The number of hydrogen-bond donors (Lipinski definition) is 1. The molecule has 2 fully saturated rings. The molecule has 0 aromatic rings. The maximum absolute atomic E-state index is 12.6. The molecule has 2 saturated heterocycles. The summed E-state index contributed by atoms with van der Waals surface area (Å²) in [6, 6.07) is -0.747. The first kappa shape index (κ1) is 7.22. The van der Waals surface area contributed by atoms with Crippen LogP contribution in [0.2, 0.25) is 0 Å². The Hall–Kier alpha value is -0.440. The van der Waals surface area contributed by atoms with Crippen LogP contribution in [0.15, 0.2) is 0 Å². The van der Waals surface area contributed by atoms with Crippen LogP contribution in [0.25, 0.3) is 0 Å². The molecular weight excluding hydrogens is 145 g/mol. The van der Waals surface area contributed by atoms with Crippen LogP contribution in [-0.4, -0.2) is 17.6 Å². The van der Waals surface area contributed by atoms with E-state index in [0.717, 1.165) is 19.3 Å². The van der Waals surface area contributed by atoms with Crippen LogP contribution in [0, 0.1) is 0 Å². The van der Waals surface area contributed by atoms with Gasteiger partial charge in [0.2, 0.25) is 0 Å². The molecule has 0 aromatic carbocycles. The molecule has 0 amide bonds. The van der Waals surface area contributed by atoms with Gasteiger partial charge in [-0.25, -0.2) is 0 Å². The monoisotopic (exact) mass is 157 g/mol. The predicted molar refractivity (Wildman–Crippen MR) is 38.9 cm³/mol. The quantitative estimate of drug-likeness (QED) is 0.579. The van der Waals surface area contributed by atoms with Crippen LogP contribution in [0.1, 0.15) is 32.1 Å². The number of carbonyl (C=O) groups is 1. The summed E-state index contributed by atoms with van der Waals surface area (Å²) >= 11 is 0. The van der Waals surface area contributed by atoms with E-state index in [1.54, 1.807) is 0 Å². The van der Waals surface area contributed by atoms with Crippen LogP contribution in [0.4, 0.5) is 4.39 Å². The van der Waals surface area contributed by atoms with E-state index in [9.17, 15) is 9.18 Å². The van der Waals surface area contributed by atoms with Crippen molar-refractivity contribution in [2.75, 3.05) is 0 Å². The molecule has 62 valence electrons. The van der Waals surface area contributed by atoms with Gasteiger partial charge in [0.05, 0.1) is 0 Å². The van der Waals surface area contributed by atoms with Crippen molar-refractivity contribution in [3.63, 3.8) is 0 Å². The SMILES string of the molecule is O=C(F)C12CCCC(CC1)N2. The summed E-state index contributed by atoms with van der Waals surface area (Å²) in [7, 11) is 0. The van der Waals surface area contributed by atoms with Crippen molar-refractivity contribution in [3.8, 4) is 0 Å². The van der Waals surface area contributed by atoms with E-state index in [1.165, 1.54) is 0 Å². The minimum Gasteiger partial charge on any atom is -0.300 e. The molecule has 3 heteroatoms. The first-order valence-electron chi connectivity index (χ1n) is 4.21. The van der Waals surface area contributed by atoms with Gasteiger partial charge in [-0.1, -0.05) is 0 Å². The number of nitrogens with one attached hydrogen (secondary N) is 1. The molecule has 2 bridgehead atoms. The van der Waals surface area contributed by atoms with Gasteiger partial charge in [0.25, 0.3) is 0 Å². The number of hydrogen-bond acceptors (Lipinski definition) is 2. The molecule has 0 radical (unpaired) electrons. The van der Waals surface area contributed by atoms with E-state index in [4.69, 9.17) is 0 Å². The van der Waals surface area contributed by atoms with Gasteiger partial charge in [-0.05, 0) is 32.1 Å². The Morgan fingerprint density at radius 3 is 2.91 bits per heavy atom. The van der Waals surface area contributed by atoms with Crippen LogP contribution in [0.5, 0.6) is 0 Å². The molecule has 1 N–H and O–H groups in total. The molecule has 2 heterocycles. The largest absolute Gasteiger partial charge is 0.321 e. The van der Waals surface area contributed by atoms with E-state index >= 15 is 0 Å². The fourth-order valence-corrected chi connectivity index (χ4v) is 2.27. The van der Waals surface area contributed by atoms with E-state index in [2.05, 4.69) is 5.32 Å². The average Bonchev–Trinajstić information content (AvgIpc) is 2.29. The second-order valence-corrected chi connectivity index (χ2v) is 3.63. The summed E-state index contributed by atoms with van der Waals surface area (Å²) in [6.07, 6.45) is 4.46. The number of piperidine rings is 1. The van der Waals surface area contributed by atoms with E-state index in [-0.39, 0.29) is 0 Å². The molecule has 0 saturated carbocycles. The van der Waals surface area contributed by atoms with Crippen LogP contribution in [-0.2, 0) is 4.79 Å². The topological polar surface area (TPSA) is 29.1 Å². The molecular formula is C8H12FNO. The van der Waals surface area contributed by atoms with E-state index < -0.39 is 11.6 Å². The summed E-state index contributed by atoms with van der Waals surface area (Å²) in [6.45, 7) is 0. The Labute approximate surface area is 65.2 Å². The minimum absolute atomic E-state index is 0.406. The van der Waals surface area contributed by atoms with Crippen molar-refractivity contribution in [3.05, 3.63) is 0 Å². The van der Waals surface area contributed by atoms with Gasteiger partial charge in [-0.15, -0.1) is 0 Å². The van der Waals surface area contributed by atoms with Gasteiger partial charge in [0, 0.05) is 6.04 Å². The van der Waals surface area contributed by atoms with Gasteiger partial charge in [0.15, 0.2) is 0 Å². The van der Waals surface area contributed by atoms with Gasteiger partial charge in [-0.3, -0.25) is 10.1 Å². The Morgan fingerprint density at radius 2 is 2.27 bits per heavy atom. The lowest BCUT2D eigenvalue weighted by Gasteiger charge is -2.29. The standard InChI is InChI=1S/C8H12FNO/c9-7(11)8-4-1-2-6(10-8)3-5-8/h6,10H,1-5H2. The zero-order chi connectivity index (χ0) is 7.90. The van der Waals surface area contributed by atoms with E-state index in [0.29, 0.717) is 18.9 Å². The minimum atomic E-state index is -1.15. The second-order valence-electron chi connectivity index (χ2n) is 3.63. The number of carbonyl (C=O) groups excluding carboxylic acids is 1. The molecule has 0 aliphatic carbocycles. The smallest absolute Gasteiger partial charge is 0.300 e. The molecule has 2 rings (SSSR count). The Kier molecular flexibility index (Phi) is 1.49. The fourth-order valence-electron chi connectivity index (χ4n) is 2.27. The highest BCUT2D eigenvalue weighted by molar-refractivity contribution is 5.80. The van der Waals surface area contributed by atoms with Crippen molar-refractivity contribution in [2.45, 2.75) is 43.7 Å². The highest BCUT2D eigenvalue weighted by Crippen LogP contribution is 2.36. The molecule has 0 aromatic heterocycles. The third kappa shape index (κ3) is 0.984. The first-order chi connectivity index (χ1) is 5.23. The second kappa shape index (κ2) is 2.27. The zero-order valence-electron chi connectivity index (χ0n) is 6.40. The molecule has 2 aliphatic rings. The highest BCUT2D eigenvalue weighted by Gasteiger charge is 2.47. The molecule has 2 aliphatic heterocycles. The Morgan fingerprint density at radius 1 is 1.45 bits per heavy atom. The predicted octanol–water partition coefficient (Wildman–Crippen LogP) is 1.16. The van der Waals surface area contributed by atoms with Crippen molar-refractivity contribution in [2.24, 2.45) is 0 Å². The summed E-state index contributed by atoms with van der Waals surface area (Å²) in [4.78, 5) is 10.6. The maximum atomic E-state index is 12.6. The van der Waals surface area contributed by atoms with Crippen molar-refractivity contribution in [1.29, 1.82) is 0 Å². The van der Waals surface area contributed by atoms with Crippen LogP contribution >= 0.6 is 0 Å². The lowest BCUT2D eigenvalue weighted by Crippen LogP contribution is -2.50. The fraction of sp³-hybridized carbons (Fsp3) is 0.875. The zero-order valence-corrected chi connectivity index (χ0v) is 6.40. The molecule has 2 unspecified atom stereocenters. The van der Waals surface area contributed by atoms with Crippen molar-refractivity contribution >= 4 is 6.04 Å². The van der Waals surface area contributed by atoms with Crippen molar-refractivity contribution < 1.29 is 9.18 Å². The summed E-state index contributed by atoms with van der Waals surface area (Å²) < 4.78 is 12.6. The number of rotatable bonds is 1. The van der Waals surface area contributed by atoms with Gasteiger partial charge < -0.3 is 0 Å². The Bertz CT molecular complexity index is 191. The highest BCUT2D eigenvalue weighted by atomic mass is 19.1. The summed E-state index contributed by atoms with van der Waals surface area (Å²) in [5, 5.41) is 3.08. The normalized spacial score (nSPS) is 42.5. The third-order valence-corrected chi connectivity index (χ3v) is 2.93. The molecule has 11 heavy (non-hydrogen) atoms. The third-order valence-electron chi connectivity index (χ3n) is 2.93. The first-order valence-corrected chi connectivity index (χ1v) is 4.21. The lowest BCUT2D eigenvalue weighted by atomic mass is 9.91. The number of halogens is 1. The lowest BCUT2D eigenvalue weighted by molar-refractivity contribution is -0.136. The molecule has 2 nitrogen and oxygen atoms in total. The van der Waals surface area contributed by atoms with Crippen LogP contribution in [0.3, 0.4) is 0 Å². The molecule has 0 spiro atoms. The summed E-state index contributed by atoms with van der Waals surface area (Å²) in [5.74, 6) is 0. The maximum Gasteiger partial charge on any atom is 0.321 e. The van der Waals surface area contributed by atoms with E-state index in [1.807, 2.05) is 0 Å². The number of fused-ring (bicyclic) bond motifs is 2. The van der Waals surface area contributed by atoms with Gasteiger partial charge in [0.1, 0.15) is 5.54 Å². The van der Waals surface area contributed by atoms with Crippen LogP contribution < -0.4 is 5.32 Å². The molecule has 2 atom stereocenters. The Balaban J connectivity index is 2.19.